The van der Waals surface area contributed by atoms with Crippen LogP contribution in [0.3, 0.4) is 0 Å². The van der Waals surface area contributed by atoms with Crippen molar-refractivity contribution in [2.75, 3.05) is 17.2 Å². The van der Waals surface area contributed by atoms with E-state index in [1.807, 2.05) is 6.92 Å². The smallest absolute Gasteiger partial charge is 0.267 e. The first kappa shape index (κ1) is 19.5. The van der Waals surface area contributed by atoms with Crippen LogP contribution in [0, 0.1) is 6.92 Å². The van der Waals surface area contributed by atoms with Gasteiger partial charge < -0.3 is 15.4 Å². The lowest BCUT2D eigenvalue weighted by Gasteiger charge is -2.11. The Morgan fingerprint density at radius 1 is 1.22 bits per heavy atom. The second-order valence-electron chi connectivity index (χ2n) is 6.65. The first-order valence-corrected chi connectivity index (χ1v) is 10.2. The molecule has 0 spiro atoms. The third-order valence-corrected chi connectivity index (χ3v) is 5.64. The quantitative estimate of drug-likeness (QED) is 0.747. The molecule has 0 aliphatic carbocycles. The number of thiazole rings is 1. The highest BCUT2D eigenvalue weighted by Gasteiger charge is 2.23. The molecule has 27 heavy (non-hydrogen) atoms. The molecular weight excluding hydrogens is 362 g/mol. The molecule has 1 aliphatic heterocycles. The summed E-state index contributed by atoms with van der Waals surface area (Å²) in [6.45, 7) is 4.64. The van der Waals surface area contributed by atoms with Gasteiger partial charge in [0, 0.05) is 18.0 Å². The minimum Gasteiger partial charge on any atom is -0.368 e. The topological polar surface area (TPSA) is 80.3 Å². The van der Waals surface area contributed by atoms with E-state index in [2.05, 4.69) is 22.5 Å². The molecule has 2 aromatic rings. The minimum atomic E-state index is -0.361. The molecule has 1 atom stereocenters. The van der Waals surface area contributed by atoms with Gasteiger partial charge in [0.2, 0.25) is 0 Å². The number of ether oxygens (including phenoxy) is 1. The molecule has 1 aromatic carbocycles. The van der Waals surface area contributed by atoms with Crippen LogP contribution in [0.15, 0.2) is 24.3 Å². The Morgan fingerprint density at radius 3 is 2.56 bits per heavy atom. The van der Waals surface area contributed by atoms with Gasteiger partial charge in [-0.1, -0.05) is 13.3 Å². The zero-order valence-electron chi connectivity index (χ0n) is 15.7. The summed E-state index contributed by atoms with van der Waals surface area (Å²) in [6.07, 6.45) is 4.41. The fourth-order valence-corrected chi connectivity index (χ4v) is 3.93. The number of unbranched alkanes of at least 4 members (excludes halogenated alkanes) is 1. The average Bonchev–Trinajstić information content (AvgIpc) is 3.31. The number of aryl methyl sites for hydroxylation is 2. The maximum atomic E-state index is 12.5. The number of nitrogens with one attached hydrogen (secondary N) is 2. The number of benzene rings is 1. The molecule has 144 valence electrons. The molecule has 0 unspecified atom stereocenters. The van der Waals surface area contributed by atoms with E-state index in [1.165, 1.54) is 11.3 Å². The second-order valence-corrected chi connectivity index (χ2v) is 7.73. The van der Waals surface area contributed by atoms with Crippen LogP contribution in [-0.2, 0) is 16.0 Å². The SMILES string of the molecule is CCCCc1nc(C)c(C(=O)Nc2ccc(NC(=O)[C@H]3CCCO3)cc2)s1. The van der Waals surface area contributed by atoms with Gasteiger partial charge in [0.25, 0.3) is 11.8 Å². The van der Waals surface area contributed by atoms with Gasteiger partial charge in [0.05, 0.1) is 10.7 Å². The average molecular weight is 388 g/mol. The van der Waals surface area contributed by atoms with Gasteiger partial charge in [0.1, 0.15) is 11.0 Å². The Balaban J connectivity index is 1.58. The summed E-state index contributed by atoms with van der Waals surface area (Å²) in [4.78, 5) is 29.7. The molecule has 2 N–H and O–H groups in total. The highest BCUT2D eigenvalue weighted by atomic mass is 32.1. The van der Waals surface area contributed by atoms with Crippen molar-refractivity contribution in [2.24, 2.45) is 0 Å². The number of hydrogen-bond acceptors (Lipinski definition) is 5. The van der Waals surface area contributed by atoms with Crippen LogP contribution in [0.25, 0.3) is 0 Å². The Morgan fingerprint density at radius 2 is 1.93 bits per heavy atom. The van der Waals surface area contributed by atoms with E-state index in [1.54, 1.807) is 24.3 Å². The summed E-state index contributed by atoms with van der Waals surface area (Å²) < 4.78 is 5.38. The number of amides is 2. The fourth-order valence-electron chi connectivity index (χ4n) is 2.93. The van der Waals surface area contributed by atoms with Crippen molar-refractivity contribution in [1.29, 1.82) is 0 Å². The molecular formula is C20H25N3O3S. The lowest BCUT2D eigenvalue weighted by molar-refractivity contribution is -0.124. The summed E-state index contributed by atoms with van der Waals surface area (Å²) in [5.74, 6) is -0.270. The maximum Gasteiger partial charge on any atom is 0.267 e. The molecule has 1 fully saturated rings. The van der Waals surface area contributed by atoms with Crippen molar-refractivity contribution in [3.63, 3.8) is 0 Å². The predicted molar refractivity (Wildman–Crippen MR) is 107 cm³/mol. The third kappa shape index (κ3) is 5.14. The van der Waals surface area contributed by atoms with Crippen molar-refractivity contribution in [1.82, 2.24) is 4.98 Å². The van der Waals surface area contributed by atoms with E-state index >= 15 is 0 Å². The Bertz CT molecular complexity index is 795. The molecule has 0 bridgehead atoms. The first-order chi connectivity index (χ1) is 13.1. The summed E-state index contributed by atoms with van der Waals surface area (Å²) in [6, 6.07) is 7.10. The fraction of sp³-hybridized carbons (Fsp3) is 0.450. The predicted octanol–water partition coefficient (Wildman–Crippen LogP) is 4.16. The minimum absolute atomic E-state index is 0.121. The molecule has 7 heteroatoms. The van der Waals surface area contributed by atoms with Crippen molar-refractivity contribution in [3.8, 4) is 0 Å². The van der Waals surface area contributed by atoms with Gasteiger partial charge >= 0.3 is 0 Å². The number of carbonyl (C=O) groups excluding carboxylic acids is 2. The third-order valence-electron chi connectivity index (χ3n) is 4.42. The van der Waals surface area contributed by atoms with E-state index in [4.69, 9.17) is 4.74 Å². The highest BCUT2D eigenvalue weighted by molar-refractivity contribution is 7.13. The van der Waals surface area contributed by atoms with Gasteiger partial charge in [-0.25, -0.2) is 4.98 Å². The van der Waals surface area contributed by atoms with Crippen LogP contribution in [0.1, 0.15) is 53.0 Å². The van der Waals surface area contributed by atoms with E-state index in [0.717, 1.165) is 42.8 Å². The summed E-state index contributed by atoms with van der Waals surface area (Å²) in [5.41, 5.74) is 2.13. The molecule has 3 rings (SSSR count). The van der Waals surface area contributed by atoms with Crippen molar-refractivity contribution in [2.45, 2.75) is 52.1 Å². The van der Waals surface area contributed by atoms with Gasteiger partial charge in [-0.2, -0.15) is 0 Å². The molecule has 0 saturated carbocycles. The molecule has 0 radical (unpaired) electrons. The standard InChI is InChI=1S/C20H25N3O3S/c1-3-4-7-17-21-13(2)18(27-17)20(25)23-15-10-8-14(9-11-15)22-19(24)16-6-5-12-26-16/h8-11,16H,3-7,12H2,1-2H3,(H,22,24)(H,23,25)/t16-/m1/s1. The van der Waals surface area contributed by atoms with E-state index in [0.29, 0.717) is 22.9 Å². The summed E-state index contributed by atoms with van der Waals surface area (Å²) in [5, 5.41) is 6.75. The Hall–Kier alpha value is -2.25. The first-order valence-electron chi connectivity index (χ1n) is 9.37. The maximum absolute atomic E-state index is 12.5. The summed E-state index contributed by atoms with van der Waals surface area (Å²) in [7, 11) is 0. The van der Waals surface area contributed by atoms with E-state index in [9.17, 15) is 9.59 Å². The normalized spacial score (nSPS) is 16.3. The van der Waals surface area contributed by atoms with Crippen LogP contribution in [0.5, 0.6) is 0 Å². The van der Waals surface area contributed by atoms with Gasteiger partial charge in [0.15, 0.2) is 0 Å². The van der Waals surface area contributed by atoms with Crippen LogP contribution in [0.4, 0.5) is 11.4 Å². The number of hydrogen-bond donors (Lipinski definition) is 2. The molecule has 2 heterocycles. The van der Waals surface area contributed by atoms with Crippen LogP contribution in [0.2, 0.25) is 0 Å². The van der Waals surface area contributed by atoms with Gasteiger partial charge in [-0.05, 0) is 56.9 Å². The molecule has 1 saturated heterocycles. The Kier molecular flexibility index (Phi) is 6.58. The molecule has 1 aromatic heterocycles. The Labute approximate surface area is 163 Å². The van der Waals surface area contributed by atoms with Crippen LogP contribution < -0.4 is 10.6 Å². The number of rotatable bonds is 7. The lowest BCUT2D eigenvalue weighted by atomic mass is 10.2. The number of anilines is 2. The number of aromatic nitrogens is 1. The van der Waals surface area contributed by atoms with Crippen molar-refractivity contribution >= 4 is 34.5 Å². The lowest BCUT2D eigenvalue weighted by Crippen LogP contribution is -2.26. The number of carbonyl (C=O) groups is 2. The van der Waals surface area contributed by atoms with Crippen LogP contribution >= 0.6 is 11.3 Å². The molecule has 6 nitrogen and oxygen atoms in total. The summed E-state index contributed by atoms with van der Waals surface area (Å²) >= 11 is 1.46. The molecule has 1 aliphatic rings. The number of nitrogens with zero attached hydrogens (tertiary/aromatic N) is 1. The van der Waals surface area contributed by atoms with Crippen molar-refractivity contribution in [3.05, 3.63) is 39.8 Å². The van der Waals surface area contributed by atoms with Crippen molar-refractivity contribution < 1.29 is 14.3 Å². The largest absolute Gasteiger partial charge is 0.368 e. The highest BCUT2D eigenvalue weighted by Crippen LogP contribution is 2.22. The second kappa shape index (κ2) is 9.10. The van der Waals surface area contributed by atoms with Crippen LogP contribution in [-0.4, -0.2) is 29.5 Å². The van der Waals surface area contributed by atoms with E-state index < -0.39 is 0 Å². The molecule has 2 amide bonds. The zero-order chi connectivity index (χ0) is 19.2. The van der Waals surface area contributed by atoms with E-state index in [-0.39, 0.29) is 17.9 Å². The van der Waals surface area contributed by atoms with Gasteiger partial charge in [-0.3, -0.25) is 9.59 Å². The zero-order valence-corrected chi connectivity index (χ0v) is 16.5. The monoisotopic (exact) mass is 387 g/mol. The van der Waals surface area contributed by atoms with Gasteiger partial charge in [-0.15, -0.1) is 11.3 Å².